The number of esters is 1. The van der Waals surface area contributed by atoms with Crippen LogP contribution in [0.3, 0.4) is 0 Å². The molecule has 0 aromatic carbocycles. The molecule has 0 aliphatic carbocycles. The Morgan fingerprint density at radius 1 is 0.639 bits per heavy atom. The predicted octanol–water partition coefficient (Wildman–Crippen LogP) is 10.1. The molecule has 6 atom stereocenters. The number of carbonyl (C=O) groups excluding carboxylic acids is 1. The predicted molar refractivity (Wildman–Crippen MR) is 243 cm³/mol. The number of hydrogen-bond donors (Lipinski definition) is 4. The zero-order chi connectivity index (χ0) is 44.7. The van der Waals surface area contributed by atoms with E-state index in [4.69, 9.17) is 23.5 Å². The van der Waals surface area contributed by atoms with Gasteiger partial charge in [-0.1, -0.05) is 171 Å². The van der Waals surface area contributed by atoms with Gasteiger partial charge in [0, 0.05) is 13.0 Å². The number of allylic oxidation sites excluding steroid dienone is 10. The van der Waals surface area contributed by atoms with Crippen molar-refractivity contribution in [3.63, 3.8) is 0 Å². The quantitative estimate of drug-likeness (QED) is 0.0198. The molecule has 4 N–H and O–H groups in total. The van der Waals surface area contributed by atoms with E-state index in [1.807, 2.05) is 0 Å². The number of carbonyl (C=O) groups is 1. The second kappa shape index (κ2) is 39.4. The molecular formula is C48H84O12S. The second-order valence-corrected chi connectivity index (χ2v) is 17.0. The lowest BCUT2D eigenvalue weighted by molar-refractivity contribution is -0.301. The molecule has 12 nitrogen and oxygen atoms in total. The molecule has 354 valence electrons. The van der Waals surface area contributed by atoms with E-state index >= 15 is 0 Å². The Morgan fingerprint density at radius 3 is 1.62 bits per heavy atom. The smallest absolute Gasteiger partial charge is 0.397 e. The Bertz CT molecular complexity index is 1300. The maximum absolute atomic E-state index is 12.9. The molecule has 0 amide bonds. The molecular weight excluding hydrogens is 801 g/mol. The highest BCUT2D eigenvalue weighted by Gasteiger charge is 2.48. The van der Waals surface area contributed by atoms with E-state index in [-0.39, 0.29) is 19.6 Å². The molecule has 61 heavy (non-hydrogen) atoms. The van der Waals surface area contributed by atoms with Crippen LogP contribution in [0.4, 0.5) is 0 Å². The van der Waals surface area contributed by atoms with Crippen LogP contribution in [0.2, 0.25) is 0 Å². The van der Waals surface area contributed by atoms with Crippen molar-refractivity contribution in [2.75, 3.05) is 26.4 Å². The molecule has 1 heterocycles. The molecule has 1 rings (SSSR count). The third-order valence-electron chi connectivity index (χ3n) is 10.4. The SMILES string of the molecule is CC/C=C\C/C=C\C/C=C\C/C=C\C/C=C\CCCCOCC(COC1OC(CO)C(O)C(OS(=O)(=O)O)C1O)OC(=O)CCCCCCCCCCCCCCCCCC. The Kier molecular flexibility index (Phi) is 36.7. The fourth-order valence-electron chi connectivity index (χ4n) is 6.88. The van der Waals surface area contributed by atoms with Crippen LogP contribution in [0, 0.1) is 0 Å². The van der Waals surface area contributed by atoms with Crippen LogP contribution in [0.5, 0.6) is 0 Å². The van der Waals surface area contributed by atoms with E-state index in [0.29, 0.717) is 13.0 Å². The number of ether oxygens (including phenoxy) is 4. The summed E-state index contributed by atoms with van der Waals surface area (Å²) in [4.78, 5) is 12.9. The van der Waals surface area contributed by atoms with E-state index < -0.39 is 59.8 Å². The summed E-state index contributed by atoms with van der Waals surface area (Å²) in [6.45, 7) is 3.77. The van der Waals surface area contributed by atoms with Crippen molar-refractivity contribution in [2.24, 2.45) is 0 Å². The van der Waals surface area contributed by atoms with Gasteiger partial charge in [-0.15, -0.1) is 0 Å². The zero-order valence-electron chi connectivity index (χ0n) is 37.7. The maximum atomic E-state index is 12.9. The molecule has 0 bridgehead atoms. The third kappa shape index (κ3) is 33.0. The molecule has 1 saturated heterocycles. The van der Waals surface area contributed by atoms with E-state index in [9.17, 15) is 28.5 Å². The molecule has 1 aliphatic rings. The minimum absolute atomic E-state index is 0.00614. The van der Waals surface area contributed by atoms with Crippen molar-refractivity contribution in [2.45, 2.75) is 211 Å². The molecule has 1 fully saturated rings. The van der Waals surface area contributed by atoms with E-state index in [0.717, 1.165) is 70.6 Å². The average molecular weight is 885 g/mol. The van der Waals surface area contributed by atoms with Crippen LogP contribution in [-0.4, -0.2) is 97.5 Å². The summed E-state index contributed by atoms with van der Waals surface area (Å²) in [5, 5.41) is 30.7. The Hall–Kier alpha value is -2.20. The van der Waals surface area contributed by atoms with Gasteiger partial charge in [0.2, 0.25) is 0 Å². The average Bonchev–Trinajstić information content (AvgIpc) is 3.23. The van der Waals surface area contributed by atoms with Crippen molar-refractivity contribution >= 4 is 16.4 Å². The second-order valence-electron chi connectivity index (χ2n) is 16.0. The third-order valence-corrected chi connectivity index (χ3v) is 10.9. The van der Waals surface area contributed by atoms with Crippen molar-refractivity contribution in [1.29, 1.82) is 0 Å². The zero-order valence-corrected chi connectivity index (χ0v) is 38.5. The molecule has 0 saturated carbocycles. The summed E-state index contributed by atoms with van der Waals surface area (Å²) in [5.41, 5.74) is 0. The molecule has 6 unspecified atom stereocenters. The highest BCUT2D eigenvalue weighted by atomic mass is 32.3. The molecule has 0 spiro atoms. The van der Waals surface area contributed by atoms with Crippen LogP contribution in [0.1, 0.15) is 174 Å². The standard InChI is InChI=1S/C48H84O12S/c1-3-5-7-9-11-13-15-17-19-21-22-24-26-28-30-32-34-36-38-56-40-42(41-57-48-46(52)47(60-61(53,54)55)45(51)43(39-49)59-48)58-44(50)37-35-33-31-29-27-25-23-20-18-16-14-12-10-8-6-4-2/h5,7,11,13,17,19,22,24,28,30,42-43,45-49,51-52H,3-4,6,8-10,12,14-16,18,20-21,23,25-27,29,31-41H2,1-2H3,(H,53,54,55)/b7-5-,13-11-,19-17-,24-22-,30-28-. The van der Waals surface area contributed by atoms with Crippen LogP contribution in [-0.2, 0) is 38.3 Å². The van der Waals surface area contributed by atoms with Crippen molar-refractivity contribution in [3.05, 3.63) is 60.8 Å². The van der Waals surface area contributed by atoms with Crippen LogP contribution < -0.4 is 0 Å². The minimum Gasteiger partial charge on any atom is -0.457 e. The number of unbranched alkanes of at least 4 members (excludes halogenated alkanes) is 17. The first kappa shape index (κ1) is 56.8. The van der Waals surface area contributed by atoms with Gasteiger partial charge in [-0.2, -0.15) is 8.42 Å². The number of aliphatic hydroxyl groups excluding tert-OH is 3. The maximum Gasteiger partial charge on any atom is 0.397 e. The summed E-state index contributed by atoms with van der Waals surface area (Å²) in [6.07, 6.45) is 39.7. The fourth-order valence-corrected chi connectivity index (χ4v) is 7.38. The van der Waals surface area contributed by atoms with Gasteiger partial charge in [0.15, 0.2) is 6.29 Å². The molecule has 13 heteroatoms. The molecule has 1 aliphatic heterocycles. The van der Waals surface area contributed by atoms with Crippen molar-refractivity contribution in [3.8, 4) is 0 Å². The minimum atomic E-state index is -5.07. The molecule has 0 radical (unpaired) electrons. The van der Waals surface area contributed by atoms with Crippen molar-refractivity contribution < 1.29 is 56.2 Å². The number of hydrogen-bond acceptors (Lipinski definition) is 11. The van der Waals surface area contributed by atoms with Gasteiger partial charge in [0.25, 0.3) is 0 Å². The lowest BCUT2D eigenvalue weighted by Gasteiger charge is -2.41. The Balaban J connectivity index is 2.45. The van der Waals surface area contributed by atoms with Gasteiger partial charge < -0.3 is 34.3 Å². The number of aliphatic hydroxyl groups is 3. The van der Waals surface area contributed by atoms with Crippen molar-refractivity contribution in [1.82, 2.24) is 0 Å². The first-order valence-electron chi connectivity index (χ1n) is 23.5. The lowest BCUT2D eigenvalue weighted by atomic mass is 9.99. The van der Waals surface area contributed by atoms with Gasteiger partial charge in [-0.25, -0.2) is 4.18 Å². The van der Waals surface area contributed by atoms with Crippen LogP contribution in [0.25, 0.3) is 0 Å². The topological polar surface area (TPSA) is 178 Å². The lowest BCUT2D eigenvalue weighted by Crippen LogP contribution is -2.60. The van der Waals surface area contributed by atoms with E-state index in [1.54, 1.807) is 0 Å². The van der Waals surface area contributed by atoms with Gasteiger partial charge in [-0.05, 0) is 57.8 Å². The van der Waals surface area contributed by atoms with Gasteiger partial charge in [0.05, 0.1) is 19.8 Å². The Labute approximate surface area is 369 Å². The van der Waals surface area contributed by atoms with Crippen LogP contribution in [0.15, 0.2) is 60.8 Å². The summed E-state index contributed by atoms with van der Waals surface area (Å²) in [7, 11) is -5.07. The number of rotatable bonds is 40. The highest BCUT2D eigenvalue weighted by Crippen LogP contribution is 2.26. The summed E-state index contributed by atoms with van der Waals surface area (Å²) in [5.74, 6) is -0.415. The largest absolute Gasteiger partial charge is 0.457 e. The first-order valence-corrected chi connectivity index (χ1v) is 24.9. The van der Waals surface area contributed by atoms with Gasteiger partial charge in [0.1, 0.15) is 30.5 Å². The summed E-state index contributed by atoms with van der Waals surface area (Å²) >= 11 is 0. The highest BCUT2D eigenvalue weighted by molar-refractivity contribution is 7.80. The normalized spacial score (nSPS) is 20.7. The fraction of sp³-hybridized carbons (Fsp3) is 0.771. The first-order chi connectivity index (χ1) is 29.6. The van der Waals surface area contributed by atoms with Gasteiger partial charge >= 0.3 is 16.4 Å². The Morgan fingerprint density at radius 2 is 1.13 bits per heavy atom. The summed E-state index contributed by atoms with van der Waals surface area (Å²) < 4.78 is 59.1. The van der Waals surface area contributed by atoms with E-state index in [1.165, 1.54) is 77.0 Å². The monoisotopic (exact) mass is 885 g/mol. The molecule has 0 aromatic rings. The van der Waals surface area contributed by atoms with E-state index in [2.05, 4.69) is 78.8 Å². The molecule has 0 aromatic heterocycles. The van der Waals surface area contributed by atoms with Gasteiger partial charge in [-0.3, -0.25) is 9.35 Å². The van der Waals surface area contributed by atoms with Crippen LogP contribution >= 0.6 is 0 Å². The summed E-state index contributed by atoms with van der Waals surface area (Å²) in [6, 6.07) is 0.